The van der Waals surface area contributed by atoms with Crippen LogP contribution in [0.4, 0.5) is 4.39 Å². The van der Waals surface area contributed by atoms with Gasteiger partial charge in [-0.1, -0.05) is 12.1 Å². The molecule has 0 aliphatic carbocycles. The van der Waals surface area contributed by atoms with Gasteiger partial charge >= 0.3 is 0 Å². The fourth-order valence-electron chi connectivity index (χ4n) is 1.47. The second-order valence-electron chi connectivity index (χ2n) is 3.47. The van der Waals surface area contributed by atoms with Crippen molar-refractivity contribution in [1.29, 1.82) is 0 Å². The van der Waals surface area contributed by atoms with Crippen LogP contribution in [0.5, 0.6) is 0 Å². The molecule has 0 radical (unpaired) electrons. The van der Waals surface area contributed by atoms with E-state index in [1.807, 2.05) is 0 Å². The molecule has 0 bridgehead atoms. The van der Waals surface area contributed by atoms with Gasteiger partial charge in [0.25, 0.3) is 0 Å². The first-order chi connectivity index (χ1) is 7.68. The van der Waals surface area contributed by atoms with Crippen LogP contribution in [0.15, 0.2) is 42.6 Å². The van der Waals surface area contributed by atoms with Crippen LogP contribution in [0.3, 0.4) is 0 Å². The predicted molar refractivity (Wildman–Crippen MR) is 59.6 cm³/mol. The van der Waals surface area contributed by atoms with Gasteiger partial charge in [0.05, 0.1) is 5.69 Å². The van der Waals surface area contributed by atoms with E-state index in [0.29, 0.717) is 16.8 Å². The Morgan fingerprint density at radius 2 is 2.00 bits per heavy atom. The number of halogens is 1. The van der Waals surface area contributed by atoms with Crippen molar-refractivity contribution in [2.75, 3.05) is 0 Å². The molecule has 1 heterocycles. The Balaban J connectivity index is 2.53. The number of Topliss-reactive ketones (excluding diaryl/α,β-unsaturated/α-hetero) is 1. The van der Waals surface area contributed by atoms with Crippen LogP contribution in [0, 0.1) is 5.82 Å². The first-order valence-corrected chi connectivity index (χ1v) is 4.90. The highest BCUT2D eigenvalue weighted by Crippen LogP contribution is 2.20. The largest absolute Gasteiger partial charge is 0.295 e. The number of benzene rings is 1. The van der Waals surface area contributed by atoms with E-state index in [1.54, 1.807) is 30.3 Å². The maximum atomic E-state index is 13.5. The molecule has 0 fully saturated rings. The number of aromatic nitrogens is 1. The summed E-state index contributed by atoms with van der Waals surface area (Å²) in [5.74, 6) is -0.393. The molecule has 1 aromatic heterocycles. The molecular formula is C13H10FNO. The summed E-state index contributed by atoms with van der Waals surface area (Å²) < 4.78 is 13.5. The van der Waals surface area contributed by atoms with Crippen molar-refractivity contribution >= 4 is 5.78 Å². The SMILES string of the molecule is CC(=O)c1ccnc(-c2ccccc2F)c1. The van der Waals surface area contributed by atoms with E-state index in [4.69, 9.17) is 0 Å². The van der Waals surface area contributed by atoms with Crippen LogP contribution in [0.1, 0.15) is 17.3 Å². The average Bonchev–Trinajstić information content (AvgIpc) is 2.30. The van der Waals surface area contributed by atoms with Gasteiger partial charge in [-0.05, 0) is 31.2 Å². The minimum absolute atomic E-state index is 0.0556. The third-order valence-corrected chi connectivity index (χ3v) is 2.32. The maximum Gasteiger partial charge on any atom is 0.159 e. The molecule has 0 saturated heterocycles. The number of pyridine rings is 1. The number of carbonyl (C=O) groups excluding carboxylic acids is 1. The lowest BCUT2D eigenvalue weighted by atomic mass is 10.1. The van der Waals surface area contributed by atoms with Gasteiger partial charge in [0.2, 0.25) is 0 Å². The molecule has 0 saturated carbocycles. The Bertz CT molecular complexity index is 537. The molecule has 2 nitrogen and oxygen atoms in total. The number of carbonyl (C=O) groups is 1. The zero-order valence-corrected chi connectivity index (χ0v) is 8.77. The van der Waals surface area contributed by atoms with Gasteiger partial charge in [-0.2, -0.15) is 0 Å². The highest BCUT2D eigenvalue weighted by molar-refractivity contribution is 5.94. The van der Waals surface area contributed by atoms with E-state index >= 15 is 0 Å². The zero-order chi connectivity index (χ0) is 11.5. The van der Waals surface area contributed by atoms with Crippen molar-refractivity contribution < 1.29 is 9.18 Å². The second kappa shape index (κ2) is 4.23. The molecule has 0 unspecified atom stereocenters. The summed E-state index contributed by atoms with van der Waals surface area (Å²) in [6.45, 7) is 1.47. The van der Waals surface area contributed by atoms with Crippen molar-refractivity contribution in [2.45, 2.75) is 6.92 Å². The molecule has 0 aliphatic heterocycles. The molecule has 0 aliphatic rings. The summed E-state index contributed by atoms with van der Waals surface area (Å²) in [7, 11) is 0. The first-order valence-electron chi connectivity index (χ1n) is 4.90. The fourth-order valence-corrected chi connectivity index (χ4v) is 1.47. The molecule has 80 valence electrons. The third kappa shape index (κ3) is 1.98. The summed E-state index contributed by atoms with van der Waals surface area (Å²) in [4.78, 5) is 15.3. The molecule has 3 heteroatoms. The minimum atomic E-state index is -0.337. The van der Waals surface area contributed by atoms with Crippen molar-refractivity contribution in [2.24, 2.45) is 0 Å². The quantitative estimate of drug-likeness (QED) is 0.720. The lowest BCUT2D eigenvalue weighted by Crippen LogP contribution is -1.94. The monoisotopic (exact) mass is 215 g/mol. The van der Waals surface area contributed by atoms with Crippen molar-refractivity contribution in [3.63, 3.8) is 0 Å². The summed E-state index contributed by atoms with van der Waals surface area (Å²) in [6.07, 6.45) is 1.51. The van der Waals surface area contributed by atoms with Crippen LogP contribution in [0.2, 0.25) is 0 Å². The van der Waals surface area contributed by atoms with Gasteiger partial charge < -0.3 is 0 Å². The predicted octanol–water partition coefficient (Wildman–Crippen LogP) is 3.09. The van der Waals surface area contributed by atoms with Crippen LogP contribution in [-0.4, -0.2) is 10.8 Å². The Kier molecular flexibility index (Phi) is 2.77. The standard InChI is InChI=1S/C13H10FNO/c1-9(16)10-6-7-15-13(8-10)11-4-2-3-5-12(11)14/h2-8H,1H3. The van der Waals surface area contributed by atoms with Crippen molar-refractivity contribution in [3.05, 3.63) is 54.0 Å². The van der Waals surface area contributed by atoms with E-state index in [9.17, 15) is 9.18 Å². The molecule has 0 spiro atoms. The van der Waals surface area contributed by atoms with Crippen molar-refractivity contribution in [3.8, 4) is 11.3 Å². The second-order valence-corrected chi connectivity index (χ2v) is 3.47. The summed E-state index contributed by atoms with van der Waals surface area (Å²) >= 11 is 0. The number of ketones is 1. The third-order valence-electron chi connectivity index (χ3n) is 2.32. The normalized spacial score (nSPS) is 10.1. The smallest absolute Gasteiger partial charge is 0.159 e. The Morgan fingerprint density at radius 3 is 2.69 bits per heavy atom. The van der Waals surface area contributed by atoms with Gasteiger partial charge in [-0.15, -0.1) is 0 Å². The Labute approximate surface area is 92.8 Å². The van der Waals surface area contributed by atoms with E-state index in [1.165, 1.54) is 19.2 Å². The summed E-state index contributed by atoms with van der Waals surface area (Å²) in [5, 5.41) is 0. The van der Waals surface area contributed by atoms with E-state index in [2.05, 4.69) is 4.98 Å². The molecule has 0 atom stereocenters. The molecule has 0 N–H and O–H groups in total. The zero-order valence-electron chi connectivity index (χ0n) is 8.77. The van der Waals surface area contributed by atoms with E-state index in [0.717, 1.165) is 0 Å². The summed E-state index contributed by atoms with van der Waals surface area (Å²) in [5.41, 5.74) is 1.42. The van der Waals surface area contributed by atoms with Crippen LogP contribution in [-0.2, 0) is 0 Å². The fraction of sp³-hybridized carbons (Fsp3) is 0.0769. The number of rotatable bonds is 2. The Hall–Kier alpha value is -2.03. The van der Waals surface area contributed by atoms with E-state index < -0.39 is 0 Å². The topological polar surface area (TPSA) is 30.0 Å². The van der Waals surface area contributed by atoms with Gasteiger partial charge in [-0.3, -0.25) is 9.78 Å². The summed E-state index contributed by atoms with van der Waals surface area (Å²) in [6, 6.07) is 9.58. The Morgan fingerprint density at radius 1 is 1.25 bits per heavy atom. The molecule has 0 amide bonds. The maximum absolute atomic E-state index is 13.5. The number of hydrogen-bond acceptors (Lipinski definition) is 2. The van der Waals surface area contributed by atoms with Gasteiger partial charge in [0.15, 0.2) is 5.78 Å². The van der Waals surface area contributed by atoms with Gasteiger partial charge in [0.1, 0.15) is 5.82 Å². The average molecular weight is 215 g/mol. The van der Waals surface area contributed by atoms with Crippen molar-refractivity contribution in [1.82, 2.24) is 4.98 Å². The molecular weight excluding hydrogens is 205 g/mol. The lowest BCUT2D eigenvalue weighted by molar-refractivity contribution is 0.101. The molecule has 2 rings (SSSR count). The number of nitrogens with zero attached hydrogens (tertiary/aromatic N) is 1. The highest BCUT2D eigenvalue weighted by Gasteiger charge is 2.07. The van der Waals surface area contributed by atoms with Gasteiger partial charge in [-0.25, -0.2) is 4.39 Å². The van der Waals surface area contributed by atoms with Crippen LogP contribution in [0.25, 0.3) is 11.3 Å². The van der Waals surface area contributed by atoms with Crippen LogP contribution < -0.4 is 0 Å². The highest BCUT2D eigenvalue weighted by atomic mass is 19.1. The lowest BCUT2D eigenvalue weighted by Gasteiger charge is -2.03. The molecule has 1 aromatic carbocycles. The van der Waals surface area contributed by atoms with E-state index in [-0.39, 0.29) is 11.6 Å². The minimum Gasteiger partial charge on any atom is -0.295 e. The van der Waals surface area contributed by atoms with Gasteiger partial charge in [0, 0.05) is 17.3 Å². The van der Waals surface area contributed by atoms with Crippen LogP contribution >= 0.6 is 0 Å². The number of hydrogen-bond donors (Lipinski definition) is 0. The molecule has 2 aromatic rings. The molecule has 16 heavy (non-hydrogen) atoms. The first kappa shape index (κ1) is 10.5.